The molecule has 0 saturated carbocycles. The molecule has 0 aliphatic carbocycles. The SMILES string of the molecule is Nc1cc(NC(=O)Nc2ccccc2)ccc1Cl. The zero-order valence-electron chi connectivity index (χ0n) is 9.48. The summed E-state index contributed by atoms with van der Waals surface area (Å²) >= 11 is 5.79. The molecule has 0 aromatic heterocycles. The summed E-state index contributed by atoms with van der Waals surface area (Å²) in [6.45, 7) is 0. The van der Waals surface area contributed by atoms with Crippen molar-refractivity contribution in [3.8, 4) is 0 Å². The van der Waals surface area contributed by atoms with Gasteiger partial charge in [0.1, 0.15) is 0 Å². The molecule has 0 fully saturated rings. The highest BCUT2D eigenvalue weighted by atomic mass is 35.5. The molecule has 0 spiro atoms. The standard InChI is InChI=1S/C13H12ClN3O/c14-11-7-6-10(8-12(11)15)17-13(18)16-9-4-2-1-3-5-9/h1-8H,15H2,(H2,16,17,18). The van der Waals surface area contributed by atoms with Crippen LogP contribution in [0.2, 0.25) is 5.02 Å². The third-order valence-corrected chi connectivity index (χ3v) is 2.63. The van der Waals surface area contributed by atoms with E-state index in [0.29, 0.717) is 16.4 Å². The molecule has 0 aliphatic heterocycles. The van der Waals surface area contributed by atoms with E-state index < -0.39 is 0 Å². The van der Waals surface area contributed by atoms with E-state index in [1.165, 1.54) is 0 Å². The van der Waals surface area contributed by atoms with Crippen LogP contribution in [-0.4, -0.2) is 6.03 Å². The maximum Gasteiger partial charge on any atom is 0.323 e. The molecule has 18 heavy (non-hydrogen) atoms. The summed E-state index contributed by atoms with van der Waals surface area (Å²) in [4.78, 5) is 11.7. The smallest absolute Gasteiger partial charge is 0.323 e. The van der Waals surface area contributed by atoms with Gasteiger partial charge in [-0.1, -0.05) is 29.8 Å². The van der Waals surface area contributed by atoms with Crippen molar-refractivity contribution in [3.05, 3.63) is 53.6 Å². The van der Waals surface area contributed by atoms with Gasteiger partial charge >= 0.3 is 6.03 Å². The highest BCUT2D eigenvalue weighted by Gasteiger charge is 2.03. The third kappa shape index (κ3) is 3.15. The second-order valence-corrected chi connectivity index (χ2v) is 4.09. The molecule has 0 heterocycles. The van der Waals surface area contributed by atoms with Crippen LogP contribution in [0, 0.1) is 0 Å². The van der Waals surface area contributed by atoms with Gasteiger partial charge in [-0.25, -0.2) is 4.79 Å². The zero-order valence-corrected chi connectivity index (χ0v) is 10.2. The first-order chi connectivity index (χ1) is 8.65. The Labute approximate surface area is 110 Å². The first-order valence-corrected chi connectivity index (χ1v) is 5.71. The van der Waals surface area contributed by atoms with Gasteiger partial charge in [0.25, 0.3) is 0 Å². The molecule has 0 aliphatic rings. The summed E-state index contributed by atoms with van der Waals surface area (Å²) in [6, 6.07) is 13.8. The van der Waals surface area contributed by atoms with E-state index in [-0.39, 0.29) is 6.03 Å². The van der Waals surface area contributed by atoms with Crippen LogP contribution in [0.15, 0.2) is 48.5 Å². The van der Waals surface area contributed by atoms with Crippen molar-refractivity contribution in [3.63, 3.8) is 0 Å². The van der Waals surface area contributed by atoms with Gasteiger partial charge in [0, 0.05) is 11.4 Å². The Morgan fingerprint density at radius 2 is 1.67 bits per heavy atom. The van der Waals surface area contributed by atoms with E-state index in [1.807, 2.05) is 18.2 Å². The quantitative estimate of drug-likeness (QED) is 0.724. The maximum absolute atomic E-state index is 11.7. The monoisotopic (exact) mass is 261 g/mol. The number of carbonyl (C=O) groups excluding carboxylic acids is 1. The lowest BCUT2D eigenvalue weighted by Crippen LogP contribution is -2.19. The molecule has 2 aromatic rings. The molecule has 2 rings (SSSR count). The fourth-order valence-corrected chi connectivity index (χ4v) is 1.55. The first kappa shape index (κ1) is 12.3. The molecular weight excluding hydrogens is 250 g/mol. The summed E-state index contributed by atoms with van der Waals surface area (Å²) in [5.41, 5.74) is 7.38. The molecule has 2 amide bonds. The molecule has 0 unspecified atom stereocenters. The van der Waals surface area contributed by atoms with Crippen LogP contribution in [0.25, 0.3) is 0 Å². The largest absolute Gasteiger partial charge is 0.397 e. The van der Waals surface area contributed by atoms with E-state index in [9.17, 15) is 4.79 Å². The molecule has 5 heteroatoms. The summed E-state index contributed by atoms with van der Waals surface area (Å²) in [6.07, 6.45) is 0. The van der Waals surface area contributed by atoms with E-state index in [4.69, 9.17) is 17.3 Å². The van der Waals surface area contributed by atoms with Gasteiger partial charge < -0.3 is 16.4 Å². The molecule has 0 atom stereocenters. The summed E-state index contributed by atoms with van der Waals surface area (Å²) in [7, 11) is 0. The van der Waals surface area contributed by atoms with Crippen LogP contribution in [0.4, 0.5) is 21.9 Å². The molecule has 4 nitrogen and oxygen atoms in total. The zero-order chi connectivity index (χ0) is 13.0. The Hall–Kier alpha value is -2.20. The van der Waals surface area contributed by atoms with Crippen molar-refractivity contribution in [2.24, 2.45) is 0 Å². The second kappa shape index (κ2) is 5.42. The molecule has 0 bridgehead atoms. The molecule has 92 valence electrons. The van der Waals surface area contributed by atoms with Crippen molar-refractivity contribution in [1.82, 2.24) is 0 Å². The fraction of sp³-hybridized carbons (Fsp3) is 0. The Balaban J connectivity index is 2.01. The first-order valence-electron chi connectivity index (χ1n) is 5.33. The number of nitrogens with two attached hydrogens (primary N) is 1. The van der Waals surface area contributed by atoms with E-state index in [2.05, 4.69) is 10.6 Å². The number of para-hydroxylation sites is 1. The van der Waals surface area contributed by atoms with Crippen LogP contribution in [0.3, 0.4) is 0 Å². The summed E-state index contributed by atoms with van der Waals surface area (Å²) < 4.78 is 0. The number of hydrogen-bond acceptors (Lipinski definition) is 2. The molecule has 4 N–H and O–H groups in total. The van der Waals surface area contributed by atoms with Gasteiger partial charge in [-0.2, -0.15) is 0 Å². The van der Waals surface area contributed by atoms with Crippen molar-refractivity contribution in [1.29, 1.82) is 0 Å². The van der Waals surface area contributed by atoms with Crippen LogP contribution < -0.4 is 16.4 Å². The average molecular weight is 262 g/mol. The number of urea groups is 1. The third-order valence-electron chi connectivity index (χ3n) is 2.29. The lowest BCUT2D eigenvalue weighted by molar-refractivity contribution is 0.262. The average Bonchev–Trinajstić information content (AvgIpc) is 2.35. The lowest BCUT2D eigenvalue weighted by Gasteiger charge is -2.08. The minimum Gasteiger partial charge on any atom is -0.397 e. The summed E-state index contributed by atoms with van der Waals surface area (Å²) in [5, 5.41) is 5.83. The van der Waals surface area contributed by atoms with Crippen LogP contribution in [0.5, 0.6) is 0 Å². The molecular formula is C13H12ClN3O. The minimum absolute atomic E-state index is 0.331. The number of benzene rings is 2. The Bertz CT molecular complexity index is 557. The Kier molecular flexibility index (Phi) is 3.69. The van der Waals surface area contributed by atoms with Gasteiger partial charge in [0.2, 0.25) is 0 Å². The Morgan fingerprint density at radius 1 is 1.00 bits per heavy atom. The number of rotatable bonds is 2. The van der Waals surface area contributed by atoms with Crippen molar-refractivity contribution in [2.45, 2.75) is 0 Å². The van der Waals surface area contributed by atoms with E-state index >= 15 is 0 Å². The number of amides is 2. The van der Waals surface area contributed by atoms with Crippen molar-refractivity contribution in [2.75, 3.05) is 16.4 Å². The molecule has 0 radical (unpaired) electrons. The van der Waals surface area contributed by atoms with Crippen LogP contribution in [0.1, 0.15) is 0 Å². The number of nitrogen functional groups attached to an aromatic ring is 1. The van der Waals surface area contributed by atoms with Crippen LogP contribution >= 0.6 is 11.6 Å². The van der Waals surface area contributed by atoms with Crippen molar-refractivity contribution >= 4 is 34.7 Å². The maximum atomic E-state index is 11.7. The summed E-state index contributed by atoms with van der Waals surface area (Å²) in [5.74, 6) is 0. The van der Waals surface area contributed by atoms with Gasteiger partial charge in [0.15, 0.2) is 0 Å². The van der Waals surface area contributed by atoms with E-state index in [1.54, 1.807) is 30.3 Å². The molecule has 2 aromatic carbocycles. The fourth-order valence-electron chi connectivity index (χ4n) is 1.44. The van der Waals surface area contributed by atoms with Crippen molar-refractivity contribution < 1.29 is 4.79 Å². The van der Waals surface area contributed by atoms with Gasteiger partial charge in [-0.15, -0.1) is 0 Å². The highest BCUT2D eigenvalue weighted by molar-refractivity contribution is 6.33. The number of nitrogens with one attached hydrogen (secondary N) is 2. The van der Waals surface area contributed by atoms with E-state index in [0.717, 1.165) is 5.69 Å². The molecule has 0 saturated heterocycles. The highest BCUT2D eigenvalue weighted by Crippen LogP contribution is 2.22. The normalized spacial score (nSPS) is 9.83. The number of hydrogen-bond donors (Lipinski definition) is 3. The number of anilines is 3. The number of halogens is 1. The lowest BCUT2D eigenvalue weighted by atomic mass is 10.3. The predicted molar refractivity (Wildman–Crippen MR) is 74.9 cm³/mol. The topological polar surface area (TPSA) is 67.1 Å². The van der Waals surface area contributed by atoms with Gasteiger partial charge in [0.05, 0.1) is 10.7 Å². The van der Waals surface area contributed by atoms with Gasteiger partial charge in [-0.05, 0) is 30.3 Å². The second-order valence-electron chi connectivity index (χ2n) is 3.68. The minimum atomic E-state index is -0.331. The van der Waals surface area contributed by atoms with Crippen LogP contribution in [-0.2, 0) is 0 Å². The predicted octanol–water partition coefficient (Wildman–Crippen LogP) is 3.57. The Morgan fingerprint density at radius 3 is 2.33 bits per heavy atom. The van der Waals surface area contributed by atoms with Gasteiger partial charge in [-0.3, -0.25) is 0 Å². The number of carbonyl (C=O) groups is 1.